The van der Waals surface area contributed by atoms with Gasteiger partial charge in [-0.3, -0.25) is 14.5 Å². The molecule has 0 saturated carbocycles. The summed E-state index contributed by atoms with van der Waals surface area (Å²) in [5, 5.41) is 5.98. The Balaban J connectivity index is 1.81. The van der Waals surface area contributed by atoms with Crippen LogP contribution in [0.1, 0.15) is 62.8 Å². The molecule has 0 aromatic heterocycles. The molecule has 3 rings (SSSR count). The third-order valence-corrected chi connectivity index (χ3v) is 7.71. The van der Waals surface area contributed by atoms with Crippen LogP contribution in [0.5, 0.6) is 0 Å². The van der Waals surface area contributed by atoms with E-state index in [-0.39, 0.29) is 48.9 Å². The zero-order chi connectivity index (χ0) is 30.4. The molecule has 0 spiro atoms. The number of morpholine rings is 1. The van der Waals surface area contributed by atoms with Gasteiger partial charge in [-0.15, -0.1) is 0 Å². The topological polar surface area (TPSA) is 91.0 Å². The lowest BCUT2D eigenvalue weighted by Crippen LogP contribution is -2.58. The molecule has 1 fully saturated rings. The zero-order valence-corrected chi connectivity index (χ0v) is 25.5. The Morgan fingerprint density at radius 1 is 1.17 bits per heavy atom. The van der Waals surface area contributed by atoms with Crippen LogP contribution < -0.4 is 10.6 Å². The number of rotatable bonds is 13. The first-order valence-corrected chi connectivity index (χ1v) is 14.1. The summed E-state index contributed by atoms with van der Waals surface area (Å²) in [5.41, 5.74) is 2.28. The van der Waals surface area contributed by atoms with Gasteiger partial charge >= 0.3 is 0 Å². The second-order valence-electron chi connectivity index (χ2n) is 12.4. The van der Waals surface area contributed by atoms with Crippen LogP contribution in [-0.2, 0) is 38.8 Å². The van der Waals surface area contributed by atoms with Crippen molar-refractivity contribution in [3.05, 3.63) is 64.5 Å². The van der Waals surface area contributed by atoms with Crippen molar-refractivity contribution in [2.45, 2.75) is 83.7 Å². The lowest BCUT2D eigenvalue weighted by Gasteiger charge is -2.47. The number of anilines is 1. The van der Waals surface area contributed by atoms with E-state index in [1.165, 1.54) is 18.0 Å². The third-order valence-electron chi connectivity index (χ3n) is 7.71. The van der Waals surface area contributed by atoms with Gasteiger partial charge in [-0.05, 0) is 75.9 Å². The molecule has 1 unspecified atom stereocenters. The number of halogens is 1. The van der Waals surface area contributed by atoms with Gasteiger partial charge in [0.25, 0.3) is 0 Å². The fourth-order valence-electron chi connectivity index (χ4n) is 5.94. The molecule has 1 heterocycles. The molecule has 41 heavy (non-hydrogen) atoms. The second kappa shape index (κ2) is 13.2. The molecule has 0 radical (unpaired) electrons. The van der Waals surface area contributed by atoms with E-state index in [0.29, 0.717) is 18.5 Å². The van der Waals surface area contributed by atoms with E-state index >= 15 is 0 Å². The minimum Gasteiger partial charge on any atom is -0.381 e. The number of benzene rings is 2. The van der Waals surface area contributed by atoms with Gasteiger partial charge in [0.2, 0.25) is 12.3 Å². The summed E-state index contributed by atoms with van der Waals surface area (Å²) >= 11 is 0. The van der Waals surface area contributed by atoms with E-state index < -0.39 is 5.44 Å². The van der Waals surface area contributed by atoms with Crippen LogP contribution in [-0.4, -0.2) is 73.0 Å². The summed E-state index contributed by atoms with van der Waals surface area (Å²) in [6, 6.07) is 10.9. The van der Waals surface area contributed by atoms with Gasteiger partial charge in [0, 0.05) is 57.4 Å². The van der Waals surface area contributed by atoms with E-state index in [2.05, 4.69) is 43.2 Å². The lowest BCUT2D eigenvalue weighted by atomic mass is 9.71. The first kappa shape index (κ1) is 32.3. The average molecular weight is 567 g/mol. The third kappa shape index (κ3) is 8.17. The summed E-state index contributed by atoms with van der Waals surface area (Å²) in [6.07, 6.45) is 1.73. The van der Waals surface area contributed by atoms with Crippen LogP contribution in [0.25, 0.3) is 0 Å². The van der Waals surface area contributed by atoms with Crippen molar-refractivity contribution in [2.75, 3.05) is 25.5 Å². The SMILES string of the molecule is BC(CCC=O)(C(=O)NC)N(C=O)Cc1c(C)cccc1NCc1cc(CN2CC(C)(C)OC(C)(C)C2)ccc1F. The molecular weight excluding hydrogens is 522 g/mol. The monoisotopic (exact) mass is 566 g/mol. The van der Waals surface area contributed by atoms with Gasteiger partial charge < -0.3 is 25.1 Å². The Morgan fingerprint density at radius 3 is 2.46 bits per heavy atom. The minimum absolute atomic E-state index is 0.141. The van der Waals surface area contributed by atoms with Gasteiger partial charge in [-0.1, -0.05) is 18.2 Å². The number of carbonyl (C=O) groups is 3. The standard InChI is InChI=1S/C31H44BFN4O4/c1-22-9-7-10-27(25(22)18-37(21-39)31(32,13-8-14-38)28(40)34-6)35-16-24-15-23(11-12-26(24)33)17-36-19-29(2,3)41-30(4,5)20-36/h7,9-12,14-15,21,35H,8,13,16-20,32H2,1-6H3,(H,34,40). The Hall–Kier alpha value is -3.24. The maximum Gasteiger partial charge on any atom is 0.236 e. The molecule has 0 bridgehead atoms. The molecule has 10 heteroatoms. The fourth-order valence-corrected chi connectivity index (χ4v) is 5.94. The van der Waals surface area contributed by atoms with E-state index in [0.717, 1.165) is 41.8 Å². The Kier molecular flexibility index (Phi) is 10.4. The zero-order valence-electron chi connectivity index (χ0n) is 25.5. The van der Waals surface area contributed by atoms with Crippen LogP contribution in [0.4, 0.5) is 10.1 Å². The van der Waals surface area contributed by atoms with Crippen molar-refractivity contribution >= 4 is 32.1 Å². The van der Waals surface area contributed by atoms with E-state index in [1.807, 2.05) is 37.3 Å². The highest BCUT2D eigenvalue weighted by atomic mass is 19.1. The molecule has 2 amide bonds. The number of nitrogens with zero attached hydrogens (tertiary/aromatic N) is 2. The predicted molar refractivity (Wildman–Crippen MR) is 162 cm³/mol. The molecule has 1 aliphatic rings. The quantitative estimate of drug-likeness (QED) is 0.286. The highest BCUT2D eigenvalue weighted by Crippen LogP contribution is 2.30. The minimum atomic E-state index is -1.21. The Morgan fingerprint density at radius 2 is 1.85 bits per heavy atom. The predicted octanol–water partition coefficient (Wildman–Crippen LogP) is 3.15. The molecule has 2 aromatic rings. The first-order valence-electron chi connectivity index (χ1n) is 14.1. The maximum atomic E-state index is 14.9. The fraction of sp³-hybridized carbons (Fsp3) is 0.516. The Labute approximate surface area is 244 Å². The van der Waals surface area contributed by atoms with Crippen molar-refractivity contribution in [1.29, 1.82) is 0 Å². The summed E-state index contributed by atoms with van der Waals surface area (Å²) in [5.74, 6) is -0.644. The van der Waals surface area contributed by atoms with Gasteiger partial charge in [0.15, 0.2) is 0 Å². The van der Waals surface area contributed by atoms with Crippen molar-refractivity contribution < 1.29 is 23.5 Å². The molecule has 1 aliphatic heterocycles. The summed E-state index contributed by atoms with van der Waals surface area (Å²) < 4.78 is 21.1. The van der Waals surface area contributed by atoms with Crippen LogP contribution in [0.15, 0.2) is 36.4 Å². The second-order valence-corrected chi connectivity index (χ2v) is 12.4. The molecule has 0 aliphatic carbocycles. The lowest BCUT2D eigenvalue weighted by molar-refractivity contribution is -0.182. The number of amides is 2. The van der Waals surface area contributed by atoms with Crippen LogP contribution in [0.3, 0.4) is 0 Å². The van der Waals surface area contributed by atoms with E-state index in [4.69, 9.17) is 4.74 Å². The summed E-state index contributed by atoms with van der Waals surface area (Å²) in [6.45, 7) is 12.9. The molecule has 222 valence electrons. The van der Waals surface area contributed by atoms with Crippen LogP contribution >= 0.6 is 0 Å². The van der Waals surface area contributed by atoms with Gasteiger partial charge in [0.05, 0.1) is 16.6 Å². The summed E-state index contributed by atoms with van der Waals surface area (Å²) in [7, 11) is 3.17. The summed E-state index contributed by atoms with van der Waals surface area (Å²) in [4.78, 5) is 39.9. The largest absolute Gasteiger partial charge is 0.381 e. The van der Waals surface area contributed by atoms with E-state index in [9.17, 15) is 18.8 Å². The van der Waals surface area contributed by atoms with Crippen LogP contribution in [0, 0.1) is 12.7 Å². The number of hydrogen-bond acceptors (Lipinski definition) is 6. The number of ether oxygens (including phenoxy) is 1. The van der Waals surface area contributed by atoms with Crippen molar-refractivity contribution in [1.82, 2.24) is 15.1 Å². The molecule has 1 saturated heterocycles. The molecule has 2 aromatic carbocycles. The molecule has 1 atom stereocenters. The van der Waals surface area contributed by atoms with Gasteiger partial charge in [-0.2, -0.15) is 0 Å². The number of aryl methyl sites for hydroxylation is 1. The van der Waals surface area contributed by atoms with Crippen molar-refractivity contribution in [3.8, 4) is 0 Å². The van der Waals surface area contributed by atoms with Crippen molar-refractivity contribution in [3.63, 3.8) is 0 Å². The number of likely N-dealkylation sites (N-methyl/N-ethyl adjacent to an activating group) is 1. The Bertz CT molecular complexity index is 1240. The first-order chi connectivity index (χ1) is 19.2. The molecule has 8 nitrogen and oxygen atoms in total. The van der Waals surface area contributed by atoms with Crippen LogP contribution in [0.2, 0.25) is 0 Å². The van der Waals surface area contributed by atoms with E-state index in [1.54, 1.807) is 7.85 Å². The number of carbonyl (C=O) groups excluding carboxylic acids is 3. The number of nitrogens with one attached hydrogen (secondary N) is 2. The maximum absolute atomic E-state index is 14.9. The molecular formula is C31H44BFN4O4. The number of hydrogen-bond donors (Lipinski definition) is 2. The smallest absolute Gasteiger partial charge is 0.236 e. The normalized spacial score (nSPS) is 17.7. The highest BCUT2D eigenvalue weighted by Gasteiger charge is 2.39. The van der Waals surface area contributed by atoms with Gasteiger partial charge in [0.1, 0.15) is 19.9 Å². The number of aldehydes is 1. The van der Waals surface area contributed by atoms with Gasteiger partial charge in [-0.25, -0.2) is 4.39 Å². The highest BCUT2D eigenvalue weighted by molar-refractivity contribution is 6.29. The average Bonchev–Trinajstić information content (AvgIpc) is 2.89. The molecule has 2 N–H and O–H groups in total. The van der Waals surface area contributed by atoms with Crippen molar-refractivity contribution in [2.24, 2.45) is 0 Å².